The van der Waals surface area contributed by atoms with Crippen LogP contribution in [-0.2, 0) is 24.4 Å². The lowest BCUT2D eigenvalue weighted by Gasteiger charge is -2.31. The molecule has 0 aromatic rings. The second kappa shape index (κ2) is 8.78. The largest absolute Gasteiger partial charge is 0.353 e. The lowest BCUT2D eigenvalue weighted by Crippen LogP contribution is -2.45. The van der Waals surface area contributed by atoms with Crippen LogP contribution < -0.4 is 10.0 Å². The summed E-state index contributed by atoms with van der Waals surface area (Å²) in [4.78, 5) is 39.1. The first-order chi connectivity index (χ1) is 14.0. The molecule has 2 atom stereocenters. The van der Waals surface area contributed by atoms with Crippen LogP contribution in [0.1, 0.15) is 66.2 Å². The standard InChI is InChI=1S/C21H33N3O5S/c1-12(2)24-20(26)17-10-9-16(11-18(17)21(24)27)22-19(25)14-5-7-15(8-6-14)23-30(28,29)13(3)4/h10,12-16,18,23H,5-9,11H2,1-4H3,(H,22,25). The predicted molar refractivity (Wildman–Crippen MR) is 113 cm³/mol. The van der Waals surface area contributed by atoms with Gasteiger partial charge in [0.1, 0.15) is 0 Å². The number of nitrogens with one attached hydrogen (secondary N) is 2. The van der Waals surface area contributed by atoms with Gasteiger partial charge < -0.3 is 5.32 Å². The number of imide groups is 1. The normalized spacial score (nSPS) is 29.9. The van der Waals surface area contributed by atoms with Crippen molar-refractivity contribution in [1.82, 2.24) is 14.9 Å². The lowest BCUT2D eigenvalue weighted by atomic mass is 9.84. The van der Waals surface area contributed by atoms with Crippen molar-refractivity contribution in [1.29, 1.82) is 0 Å². The minimum Gasteiger partial charge on any atom is -0.353 e. The molecule has 1 saturated carbocycles. The number of carbonyl (C=O) groups excluding carboxylic acids is 3. The van der Waals surface area contributed by atoms with Crippen molar-refractivity contribution in [2.75, 3.05) is 0 Å². The van der Waals surface area contributed by atoms with Gasteiger partial charge in [-0.05, 0) is 66.2 Å². The Bertz CT molecular complexity index is 841. The molecule has 0 spiro atoms. The third-order valence-corrected chi connectivity index (χ3v) is 8.33. The Hall–Kier alpha value is -1.74. The highest BCUT2D eigenvalue weighted by molar-refractivity contribution is 7.90. The monoisotopic (exact) mass is 439 g/mol. The van der Waals surface area contributed by atoms with E-state index in [9.17, 15) is 22.8 Å². The molecule has 3 aliphatic rings. The van der Waals surface area contributed by atoms with E-state index in [4.69, 9.17) is 0 Å². The van der Waals surface area contributed by atoms with Crippen LogP contribution in [0.5, 0.6) is 0 Å². The van der Waals surface area contributed by atoms with Gasteiger partial charge in [0.15, 0.2) is 0 Å². The topological polar surface area (TPSA) is 113 Å². The van der Waals surface area contributed by atoms with E-state index in [1.54, 1.807) is 19.9 Å². The molecule has 168 valence electrons. The van der Waals surface area contributed by atoms with Gasteiger partial charge in [0.25, 0.3) is 5.91 Å². The minimum absolute atomic E-state index is 0.0421. The van der Waals surface area contributed by atoms with Gasteiger partial charge in [-0.15, -0.1) is 0 Å². The molecule has 2 unspecified atom stereocenters. The molecule has 3 amide bonds. The number of hydrogen-bond donors (Lipinski definition) is 2. The van der Waals surface area contributed by atoms with E-state index >= 15 is 0 Å². The zero-order chi connectivity index (χ0) is 22.2. The number of nitrogens with zero attached hydrogens (tertiary/aromatic N) is 1. The number of rotatable bonds is 6. The van der Waals surface area contributed by atoms with Gasteiger partial charge in [-0.25, -0.2) is 13.1 Å². The number of hydrogen-bond acceptors (Lipinski definition) is 5. The molecule has 2 N–H and O–H groups in total. The number of fused-ring (bicyclic) bond motifs is 1. The van der Waals surface area contributed by atoms with E-state index in [0.717, 1.165) is 0 Å². The van der Waals surface area contributed by atoms with E-state index in [-0.39, 0.29) is 41.8 Å². The van der Waals surface area contributed by atoms with Gasteiger partial charge in [0.2, 0.25) is 21.8 Å². The highest BCUT2D eigenvalue weighted by Gasteiger charge is 2.46. The summed E-state index contributed by atoms with van der Waals surface area (Å²) in [6.45, 7) is 6.94. The predicted octanol–water partition coefficient (Wildman–Crippen LogP) is 1.47. The second-order valence-corrected chi connectivity index (χ2v) is 11.5. The summed E-state index contributed by atoms with van der Waals surface area (Å²) < 4.78 is 26.8. The zero-order valence-electron chi connectivity index (χ0n) is 18.2. The van der Waals surface area contributed by atoms with Gasteiger partial charge >= 0.3 is 0 Å². The summed E-state index contributed by atoms with van der Waals surface area (Å²) in [7, 11) is -3.31. The third kappa shape index (κ3) is 4.61. The molecule has 0 radical (unpaired) electrons. The van der Waals surface area contributed by atoms with Crippen LogP contribution in [0.4, 0.5) is 0 Å². The summed E-state index contributed by atoms with van der Waals surface area (Å²) in [6.07, 6.45) is 5.34. The van der Waals surface area contributed by atoms with E-state index in [0.29, 0.717) is 44.1 Å². The molecule has 0 aromatic carbocycles. The van der Waals surface area contributed by atoms with Crippen molar-refractivity contribution < 1.29 is 22.8 Å². The van der Waals surface area contributed by atoms with E-state index in [1.165, 1.54) is 4.90 Å². The van der Waals surface area contributed by atoms with Crippen molar-refractivity contribution in [2.24, 2.45) is 11.8 Å². The molecule has 9 heteroatoms. The molecule has 1 saturated heterocycles. The molecular formula is C21H33N3O5S. The molecule has 0 aromatic heterocycles. The fraction of sp³-hybridized carbons (Fsp3) is 0.762. The summed E-state index contributed by atoms with van der Waals surface area (Å²) in [5, 5.41) is 2.59. The summed E-state index contributed by atoms with van der Waals surface area (Å²) >= 11 is 0. The maximum atomic E-state index is 12.7. The van der Waals surface area contributed by atoms with Crippen molar-refractivity contribution >= 4 is 27.7 Å². The van der Waals surface area contributed by atoms with Gasteiger partial charge in [0.05, 0.1) is 11.2 Å². The van der Waals surface area contributed by atoms with Crippen LogP contribution in [0.15, 0.2) is 11.6 Å². The van der Waals surface area contributed by atoms with E-state index < -0.39 is 21.2 Å². The maximum Gasteiger partial charge on any atom is 0.257 e. The van der Waals surface area contributed by atoms with Crippen LogP contribution in [0.25, 0.3) is 0 Å². The maximum absolute atomic E-state index is 12.7. The van der Waals surface area contributed by atoms with Crippen LogP contribution in [0.3, 0.4) is 0 Å². The fourth-order valence-corrected chi connectivity index (χ4v) is 5.54. The van der Waals surface area contributed by atoms with Crippen LogP contribution >= 0.6 is 0 Å². The molecule has 30 heavy (non-hydrogen) atoms. The smallest absolute Gasteiger partial charge is 0.257 e. The molecule has 1 aliphatic heterocycles. The Labute approximate surface area is 178 Å². The number of carbonyl (C=O) groups is 3. The first kappa shape index (κ1) is 22.9. The van der Waals surface area contributed by atoms with Crippen molar-refractivity contribution in [3.63, 3.8) is 0 Å². The van der Waals surface area contributed by atoms with E-state index in [1.807, 2.05) is 13.8 Å². The number of sulfonamides is 1. The first-order valence-electron chi connectivity index (χ1n) is 10.9. The van der Waals surface area contributed by atoms with Crippen LogP contribution in [-0.4, -0.2) is 54.4 Å². The Morgan fingerprint density at radius 3 is 2.27 bits per heavy atom. The van der Waals surface area contributed by atoms with Gasteiger partial charge in [-0.3, -0.25) is 19.3 Å². The summed E-state index contributed by atoms with van der Waals surface area (Å²) in [6, 6.07) is -0.453. The molecule has 2 fully saturated rings. The summed E-state index contributed by atoms with van der Waals surface area (Å²) in [5.41, 5.74) is 0.567. The molecule has 1 heterocycles. The van der Waals surface area contributed by atoms with Crippen molar-refractivity contribution in [3.05, 3.63) is 11.6 Å². The van der Waals surface area contributed by atoms with E-state index in [2.05, 4.69) is 10.0 Å². The van der Waals surface area contributed by atoms with Crippen LogP contribution in [0, 0.1) is 11.8 Å². The third-order valence-electron chi connectivity index (χ3n) is 6.43. The average Bonchev–Trinajstić information content (AvgIpc) is 2.92. The molecule has 3 rings (SSSR count). The molecular weight excluding hydrogens is 406 g/mol. The van der Waals surface area contributed by atoms with Gasteiger partial charge in [0, 0.05) is 29.6 Å². The van der Waals surface area contributed by atoms with Crippen molar-refractivity contribution in [2.45, 2.75) is 89.6 Å². The zero-order valence-corrected chi connectivity index (χ0v) is 19.0. The second-order valence-electron chi connectivity index (χ2n) is 9.26. The highest BCUT2D eigenvalue weighted by atomic mass is 32.2. The highest BCUT2D eigenvalue weighted by Crippen LogP contribution is 2.35. The van der Waals surface area contributed by atoms with Gasteiger partial charge in [-0.2, -0.15) is 0 Å². The number of likely N-dealkylation sites (tertiary alicyclic amines) is 1. The quantitative estimate of drug-likeness (QED) is 0.609. The minimum atomic E-state index is -3.31. The molecule has 2 aliphatic carbocycles. The Kier molecular flexibility index (Phi) is 6.72. The fourth-order valence-electron chi connectivity index (χ4n) is 4.56. The number of amides is 3. The Balaban J connectivity index is 1.52. The SMILES string of the molecule is CC(C)N1C(=O)C2=CCC(NC(=O)C3CCC(NS(=O)(=O)C(C)C)CC3)CC2C1=O. The van der Waals surface area contributed by atoms with Crippen molar-refractivity contribution in [3.8, 4) is 0 Å². The average molecular weight is 440 g/mol. The Morgan fingerprint density at radius 1 is 1.07 bits per heavy atom. The lowest BCUT2D eigenvalue weighted by molar-refractivity contribution is -0.141. The molecule has 0 bridgehead atoms. The summed E-state index contributed by atoms with van der Waals surface area (Å²) in [5.74, 6) is -1.02. The first-order valence-corrected chi connectivity index (χ1v) is 12.4. The molecule has 8 nitrogen and oxygen atoms in total. The van der Waals surface area contributed by atoms with Crippen LogP contribution in [0.2, 0.25) is 0 Å². The Morgan fingerprint density at radius 2 is 1.70 bits per heavy atom. The van der Waals surface area contributed by atoms with Gasteiger partial charge in [-0.1, -0.05) is 6.08 Å².